The summed E-state index contributed by atoms with van der Waals surface area (Å²) in [5.74, 6) is -0.630. The predicted octanol–water partition coefficient (Wildman–Crippen LogP) is 2.18. The molecule has 4 rings (SSSR count). The first-order valence-electron chi connectivity index (χ1n) is 9.27. The Bertz CT molecular complexity index is 1000. The van der Waals surface area contributed by atoms with Crippen LogP contribution in [0.25, 0.3) is 11.0 Å². The Hall–Kier alpha value is -2.77. The second-order valence-electron chi connectivity index (χ2n) is 7.14. The second-order valence-corrected chi connectivity index (χ2v) is 7.14. The summed E-state index contributed by atoms with van der Waals surface area (Å²) in [7, 11) is 1.87. The molecule has 1 amide bonds. The van der Waals surface area contributed by atoms with Gasteiger partial charge in [-0.2, -0.15) is 0 Å². The van der Waals surface area contributed by atoms with Crippen molar-refractivity contribution in [3.05, 3.63) is 65.2 Å². The lowest BCUT2D eigenvalue weighted by atomic mass is 10.0. The van der Waals surface area contributed by atoms with E-state index in [1.54, 1.807) is 18.2 Å². The highest BCUT2D eigenvalue weighted by molar-refractivity contribution is 5.95. The minimum absolute atomic E-state index is 0.280. The minimum atomic E-state index is -0.629. The van der Waals surface area contributed by atoms with Crippen molar-refractivity contribution in [2.75, 3.05) is 13.2 Å². The van der Waals surface area contributed by atoms with E-state index in [4.69, 9.17) is 4.74 Å². The van der Waals surface area contributed by atoms with Gasteiger partial charge in [0.15, 0.2) is 0 Å². The van der Waals surface area contributed by atoms with Crippen LogP contribution in [0.3, 0.4) is 0 Å². The largest absolute Gasteiger partial charge is 0.391 e. The Balaban J connectivity index is 1.65. The van der Waals surface area contributed by atoms with Crippen LogP contribution in [0.2, 0.25) is 0 Å². The number of amides is 1. The molecule has 146 valence electrons. The molecule has 3 heterocycles. The molecule has 28 heavy (non-hydrogen) atoms. The molecular formula is C21H22FN3O3. The number of halogens is 1. The predicted molar refractivity (Wildman–Crippen MR) is 103 cm³/mol. The maximum Gasteiger partial charge on any atom is 0.270 e. The maximum atomic E-state index is 13.2. The number of aromatic nitrogens is 2. The summed E-state index contributed by atoms with van der Waals surface area (Å²) in [4.78, 5) is 17.3. The number of benzene rings is 1. The van der Waals surface area contributed by atoms with Crippen LogP contribution >= 0.6 is 0 Å². The quantitative estimate of drug-likeness (QED) is 0.724. The molecule has 1 aliphatic rings. The number of aliphatic hydroxyl groups is 1. The Morgan fingerprint density at radius 2 is 2.14 bits per heavy atom. The van der Waals surface area contributed by atoms with E-state index >= 15 is 0 Å². The highest BCUT2D eigenvalue weighted by Crippen LogP contribution is 2.23. The summed E-state index contributed by atoms with van der Waals surface area (Å²) in [6.07, 6.45) is 2.31. The molecule has 0 saturated carbocycles. The molecular weight excluding hydrogens is 361 g/mol. The molecule has 0 unspecified atom stereocenters. The zero-order chi connectivity index (χ0) is 19.7. The van der Waals surface area contributed by atoms with Gasteiger partial charge in [-0.3, -0.25) is 4.79 Å². The smallest absolute Gasteiger partial charge is 0.270 e. The number of ether oxygens (including phenoxy) is 1. The molecule has 2 N–H and O–H groups in total. The van der Waals surface area contributed by atoms with Gasteiger partial charge >= 0.3 is 0 Å². The third kappa shape index (κ3) is 3.76. The Labute approximate surface area is 162 Å². The van der Waals surface area contributed by atoms with Gasteiger partial charge in [0, 0.05) is 25.2 Å². The van der Waals surface area contributed by atoms with Crippen LogP contribution in [0, 0.1) is 5.82 Å². The number of hydrogen-bond donors (Lipinski definition) is 2. The average Bonchev–Trinajstić information content (AvgIpc) is 3.07. The van der Waals surface area contributed by atoms with Crippen LogP contribution in [-0.2, 0) is 18.2 Å². The summed E-state index contributed by atoms with van der Waals surface area (Å²) >= 11 is 0. The van der Waals surface area contributed by atoms with Crippen molar-refractivity contribution in [1.82, 2.24) is 14.9 Å². The van der Waals surface area contributed by atoms with E-state index in [0.717, 1.165) is 16.5 Å². The SMILES string of the molecule is Cn1ccc2c(Cc3ccc(F)cc3)cc(C(=O)N[C@@H]3COCC[C@H]3O)nc21. The summed E-state index contributed by atoms with van der Waals surface area (Å²) in [5.41, 5.74) is 2.86. The molecule has 1 aliphatic heterocycles. The third-order valence-electron chi connectivity index (χ3n) is 5.10. The number of aliphatic hydroxyl groups excluding tert-OH is 1. The summed E-state index contributed by atoms with van der Waals surface area (Å²) < 4.78 is 20.4. The molecule has 1 saturated heterocycles. The lowest BCUT2D eigenvalue weighted by Crippen LogP contribution is -2.49. The van der Waals surface area contributed by atoms with Gasteiger partial charge in [-0.25, -0.2) is 9.37 Å². The second kappa shape index (κ2) is 7.69. The van der Waals surface area contributed by atoms with Crippen molar-refractivity contribution in [1.29, 1.82) is 0 Å². The number of nitrogens with one attached hydrogen (secondary N) is 1. The number of fused-ring (bicyclic) bond motifs is 1. The fourth-order valence-electron chi connectivity index (χ4n) is 3.49. The topological polar surface area (TPSA) is 76.4 Å². The van der Waals surface area contributed by atoms with Crippen LogP contribution in [0.4, 0.5) is 4.39 Å². The highest BCUT2D eigenvalue weighted by Gasteiger charge is 2.26. The molecule has 6 nitrogen and oxygen atoms in total. The zero-order valence-corrected chi connectivity index (χ0v) is 15.6. The Morgan fingerprint density at radius 3 is 2.89 bits per heavy atom. The highest BCUT2D eigenvalue weighted by atomic mass is 19.1. The van der Waals surface area contributed by atoms with Gasteiger partial charge in [-0.1, -0.05) is 12.1 Å². The molecule has 2 aromatic heterocycles. The first-order valence-corrected chi connectivity index (χ1v) is 9.27. The van der Waals surface area contributed by atoms with Gasteiger partial charge in [0.1, 0.15) is 17.2 Å². The Morgan fingerprint density at radius 1 is 1.36 bits per heavy atom. The fourth-order valence-corrected chi connectivity index (χ4v) is 3.49. The van der Waals surface area contributed by atoms with Gasteiger partial charge in [-0.15, -0.1) is 0 Å². The molecule has 0 aliphatic carbocycles. The van der Waals surface area contributed by atoms with Gasteiger partial charge in [0.05, 0.1) is 18.8 Å². The first-order chi connectivity index (χ1) is 13.5. The standard InChI is InChI=1S/C21H22FN3O3/c1-25-8-6-16-14(10-13-2-4-15(22)5-3-13)11-17(23-20(16)25)21(27)24-18-12-28-9-7-19(18)26/h2-6,8,11,18-19,26H,7,9-10,12H2,1H3,(H,24,27)/t18-,19-/m1/s1. The van der Waals surface area contributed by atoms with Gasteiger partial charge in [0.25, 0.3) is 5.91 Å². The molecule has 1 fully saturated rings. The van der Waals surface area contributed by atoms with Crippen molar-refractivity contribution < 1.29 is 19.0 Å². The van der Waals surface area contributed by atoms with Crippen LogP contribution in [-0.4, -0.2) is 45.9 Å². The third-order valence-corrected chi connectivity index (χ3v) is 5.10. The van der Waals surface area contributed by atoms with Crippen molar-refractivity contribution in [3.8, 4) is 0 Å². The molecule has 0 radical (unpaired) electrons. The van der Waals surface area contributed by atoms with Gasteiger partial charge in [-0.05, 0) is 48.2 Å². The van der Waals surface area contributed by atoms with E-state index in [1.165, 1.54) is 12.1 Å². The molecule has 0 bridgehead atoms. The molecule has 2 atom stereocenters. The van der Waals surface area contributed by atoms with Crippen molar-refractivity contribution in [3.63, 3.8) is 0 Å². The number of rotatable bonds is 4. The van der Waals surface area contributed by atoms with Crippen molar-refractivity contribution in [2.45, 2.75) is 25.0 Å². The summed E-state index contributed by atoms with van der Waals surface area (Å²) in [6.45, 7) is 0.769. The molecule has 7 heteroatoms. The fraction of sp³-hybridized carbons (Fsp3) is 0.333. The van der Waals surface area contributed by atoms with Crippen molar-refractivity contribution >= 4 is 16.9 Å². The lowest BCUT2D eigenvalue weighted by molar-refractivity contribution is -0.0140. The average molecular weight is 383 g/mol. The van der Waals surface area contributed by atoms with Crippen LogP contribution < -0.4 is 5.32 Å². The van der Waals surface area contributed by atoms with Gasteiger partial charge in [0.2, 0.25) is 0 Å². The van der Waals surface area contributed by atoms with Gasteiger partial charge < -0.3 is 19.7 Å². The minimum Gasteiger partial charge on any atom is -0.391 e. The van der Waals surface area contributed by atoms with E-state index in [-0.39, 0.29) is 24.0 Å². The van der Waals surface area contributed by atoms with E-state index in [9.17, 15) is 14.3 Å². The number of carbonyl (C=O) groups excluding carboxylic acids is 1. The number of pyridine rings is 1. The number of hydrogen-bond acceptors (Lipinski definition) is 4. The number of aryl methyl sites for hydroxylation is 1. The van der Waals surface area contributed by atoms with E-state index in [1.807, 2.05) is 23.9 Å². The van der Waals surface area contributed by atoms with Crippen LogP contribution in [0.15, 0.2) is 42.6 Å². The molecule has 1 aromatic carbocycles. The summed E-state index contributed by atoms with van der Waals surface area (Å²) in [5, 5.41) is 13.8. The van der Waals surface area contributed by atoms with Crippen molar-refractivity contribution in [2.24, 2.45) is 7.05 Å². The van der Waals surface area contributed by atoms with Crippen LogP contribution in [0.1, 0.15) is 28.0 Å². The lowest BCUT2D eigenvalue weighted by Gasteiger charge is -2.28. The summed E-state index contributed by atoms with van der Waals surface area (Å²) in [6, 6.07) is 9.60. The Kier molecular flexibility index (Phi) is 5.11. The first kappa shape index (κ1) is 18.6. The zero-order valence-electron chi connectivity index (χ0n) is 15.6. The maximum absolute atomic E-state index is 13.2. The number of nitrogens with zero attached hydrogens (tertiary/aromatic N) is 2. The number of carbonyl (C=O) groups is 1. The molecule has 0 spiro atoms. The van der Waals surface area contributed by atoms with E-state index in [0.29, 0.717) is 25.1 Å². The van der Waals surface area contributed by atoms with E-state index < -0.39 is 12.1 Å². The molecule has 3 aromatic rings. The monoisotopic (exact) mass is 383 g/mol. The van der Waals surface area contributed by atoms with E-state index in [2.05, 4.69) is 10.3 Å². The normalized spacial score (nSPS) is 19.7. The van der Waals surface area contributed by atoms with Crippen LogP contribution in [0.5, 0.6) is 0 Å².